The van der Waals surface area contributed by atoms with Crippen LogP contribution in [0.15, 0.2) is 12.2 Å². The zero-order valence-electron chi connectivity index (χ0n) is 25.0. The molecule has 0 aliphatic carbocycles. The quantitative estimate of drug-likeness (QED) is 0.0451. The third-order valence-electron chi connectivity index (χ3n) is 7.57. The molecule has 0 fully saturated rings. The summed E-state index contributed by atoms with van der Waals surface area (Å²) in [6.07, 6.45) is 33.7. The van der Waals surface area contributed by atoms with E-state index in [0.717, 1.165) is 6.42 Å². The van der Waals surface area contributed by atoms with Crippen LogP contribution < -0.4 is 12.4 Å². The highest BCUT2D eigenvalue weighted by atomic mass is 35.5. The first-order valence-corrected chi connectivity index (χ1v) is 18.2. The summed E-state index contributed by atoms with van der Waals surface area (Å²) in [5.41, 5.74) is 0.515. The molecular weight excluding hydrogens is 483 g/mol. The number of rotatable bonds is 27. The highest BCUT2D eigenvalue weighted by Gasteiger charge is 2.35. The second-order valence-corrected chi connectivity index (χ2v) is 15.6. The van der Waals surface area contributed by atoms with Crippen LogP contribution in [-0.2, 0) is 9.53 Å². The molecule has 36 heavy (non-hydrogen) atoms. The van der Waals surface area contributed by atoms with Crippen molar-refractivity contribution in [3.05, 3.63) is 12.2 Å². The summed E-state index contributed by atoms with van der Waals surface area (Å²) in [6, 6.07) is 0. The normalized spacial score (nSPS) is 11.3. The van der Waals surface area contributed by atoms with E-state index in [1.54, 1.807) is 6.92 Å². The van der Waals surface area contributed by atoms with E-state index in [4.69, 9.17) is 4.74 Å². The maximum absolute atomic E-state index is 11.7. The molecule has 0 aromatic heterocycles. The zero-order chi connectivity index (χ0) is 26.0. The van der Waals surface area contributed by atoms with Crippen LogP contribution in [0.25, 0.3) is 0 Å². The first kappa shape index (κ1) is 38.1. The van der Waals surface area contributed by atoms with Crippen LogP contribution in [0.3, 0.4) is 0 Å². The van der Waals surface area contributed by atoms with Gasteiger partial charge in [0.2, 0.25) is 0 Å². The van der Waals surface area contributed by atoms with Crippen LogP contribution in [-0.4, -0.2) is 37.2 Å². The van der Waals surface area contributed by atoms with Gasteiger partial charge in [-0.2, -0.15) is 0 Å². The lowest BCUT2D eigenvalue weighted by atomic mass is 10.1. The van der Waals surface area contributed by atoms with Crippen molar-refractivity contribution in [3.63, 3.8) is 0 Å². The van der Waals surface area contributed by atoms with E-state index in [2.05, 4.69) is 27.4 Å². The molecule has 0 radical (unpaired) electrons. The minimum absolute atomic E-state index is 0. The lowest BCUT2D eigenvalue weighted by Crippen LogP contribution is -3.00. The Labute approximate surface area is 234 Å². The first-order valence-electron chi connectivity index (χ1n) is 15.7. The summed E-state index contributed by atoms with van der Waals surface area (Å²) in [5, 5.41) is 0. The molecule has 0 rings (SSSR count). The molecule has 0 amide bonds. The number of carbonyl (C=O) groups excluding carboxylic acids is 1. The molecule has 0 N–H and O–H groups in total. The van der Waals surface area contributed by atoms with Gasteiger partial charge in [-0.15, -0.1) is 0 Å². The molecule has 0 saturated carbocycles. The van der Waals surface area contributed by atoms with Gasteiger partial charge in [0.05, 0.1) is 31.3 Å². The van der Waals surface area contributed by atoms with E-state index >= 15 is 0 Å². The van der Waals surface area contributed by atoms with Gasteiger partial charge < -0.3 is 17.1 Å². The van der Waals surface area contributed by atoms with E-state index in [1.165, 1.54) is 147 Å². The van der Waals surface area contributed by atoms with Gasteiger partial charge >= 0.3 is 5.97 Å². The van der Waals surface area contributed by atoms with E-state index in [0.29, 0.717) is 12.2 Å². The van der Waals surface area contributed by atoms with Crippen molar-refractivity contribution in [3.8, 4) is 0 Å². The monoisotopic (exact) mass is 546 g/mol. The molecule has 0 saturated heterocycles. The summed E-state index contributed by atoms with van der Waals surface area (Å²) >= 11 is 0. The minimum atomic E-state index is -0.904. The molecule has 0 aromatic carbocycles. The van der Waals surface area contributed by atoms with Crippen molar-refractivity contribution in [2.24, 2.45) is 0 Å². The predicted octanol–water partition coefficient (Wildman–Crippen LogP) is 7.99. The number of hydrogen-bond acceptors (Lipinski definition) is 2. The Hall–Kier alpha value is -0.0700. The fraction of sp³-hybridized carbons (Fsp3) is 0.906. The van der Waals surface area contributed by atoms with Gasteiger partial charge in [-0.1, -0.05) is 104 Å². The number of hydrogen-bond donors (Lipinski definition) is 0. The summed E-state index contributed by atoms with van der Waals surface area (Å²) in [5.74, 6) is -0.225. The highest BCUT2D eigenvalue weighted by Crippen LogP contribution is 2.61. The number of ether oxygens (including phenoxy) is 1. The largest absolute Gasteiger partial charge is 1.00 e. The van der Waals surface area contributed by atoms with Crippen LogP contribution in [0.5, 0.6) is 0 Å². The number of halogens is 1. The zero-order valence-corrected chi connectivity index (χ0v) is 26.7. The maximum atomic E-state index is 11.7. The average Bonchev–Trinajstić information content (AvgIpc) is 2.85. The van der Waals surface area contributed by atoms with E-state index < -0.39 is 7.26 Å². The third-order valence-corrected chi connectivity index (χ3v) is 12.6. The Morgan fingerprint density at radius 2 is 0.861 bits per heavy atom. The van der Waals surface area contributed by atoms with E-state index in [-0.39, 0.29) is 18.4 Å². The van der Waals surface area contributed by atoms with Gasteiger partial charge in [0.25, 0.3) is 0 Å². The van der Waals surface area contributed by atoms with Crippen LogP contribution in [0.1, 0.15) is 156 Å². The van der Waals surface area contributed by atoms with Crippen LogP contribution in [0.2, 0.25) is 0 Å². The summed E-state index contributed by atoms with van der Waals surface area (Å²) < 4.78 is 5.40. The molecule has 4 heteroatoms. The van der Waals surface area contributed by atoms with Crippen LogP contribution in [0, 0.1) is 0 Å². The van der Waals surface area contributed by atoms with Gasteiger partial charge in [-0.05, 0) is 58.3 Å². The third kappa shape index (κ3) is 23.1. The number of esters is 1. The van der Waals surface area contributed by atoms with Crippen molar-refractivity contribution in [2.45, 2.75) is 156 Å². The van der Waals surface area contributed by atoms with Gasteiger partial charge in [0, 0.05) is 12.8 Å². The van der Waals surface area contributed by atoms with Crippen molar-refractivity contribution in [1.29, 1.82) is 0 Å². The molecule has 0 unspecified atom stereocenters. The van der Waals surface area contributed by atoms with Crippen LogP contribution >= 0.6 is 7.26 Å². The fourth-order valence-electron chi connectivity index (χ4n) is 5.19. The lowest BCUT2D eigenvalue weighted by molar-refractivity contribution is -0.139. The SMILES string of the molecule is C=C(C)C(=O)OCCCC[P+](CCCCCCCC)(CCCCCCCC)CCCCCCCC.[Cl-]. The molecule has 0 aliphatic heterocycles. The topological polar surface area (TPSA) is 26.3 Å². The predicted molar refractivity (Wildman–Crippen MR) is 162 cm³/mol. The Kier molecular flexibility index (Phi) is 29.6. The van der Waals surface area contributed by atoms with Crippen LogP contribution in [0.4, 0.5) is 0 Å². The summed E-state index contributed by atoms with van der Waals surface area (Å²) in [4.78, 5) is 11.7. The van der Waals surface area contributed by atoms with Crippen molar-refractivity contribution >= 4 is 13.2 Å². The van der Waals surface area contributed by atoms with Crippen molar-refractivity contribution in [1.82, 2.24) is 0 Å². The van der Waals surface area contributed by atoms with E-state index in [9.17, 15) is 4.79 Å². The van der Waals surface area contributed by atoms with E-state index in [1.807, 2.05) is 0 Å². The van der Waals surface area contributed by atoms with Crippen molar-refractivity contribution in [2.75, 3.05) is 31.3 Å². The number of carbonyl (C=O) groups is 1. The summed E-state index contributed by atoms with van der Waals surface area (Å²) in [7, 11) is -0.904. The smallest absolute Gasteiger partial charge is 0.333 e. The van der Waals surface area contributed by atoms with Crippen molar-refractivity contribution < 1.29 is 21.9 Å². The fourth-order valence-corrected chi connectivity index (χ4v) is 10.1. The molecule has 0 atom stereocenters. The Morgan fingerprint density at radius 3 is 1.19 bits per heavy atom. The van der Waals surface area contributed by atoms with Gasteiger partial charge in [0.15, 0.2) is 0 Å². The average molecular weight is 547 g/mol. The van der Waals surface area contributed by atoms with Gasteiger partial charge in [-0.25, -0.2) is 4.79 Å². The highest BCUT2D eigenvalue weighted by molar-refractivity contribution is 7.75. The Bertz CT molecular complexity index is 454. The Balaban J connectivity index is 0. The second-order valence-electron chi connectivity index (χ2n) is 11.2. The second kappa shape index (κ2) is 28.0. The molecule has 216 valence electrons. The first-order chi connectivity index (χ1) is 17.0. The molecule has 0 spiro atoms. The molecule has 0 aromatic rings. The summed E-state index contributed by atoms with van der Waals surface area (Å²) in [6.45, 7) is 12.9. The number of unbranched alkanes of at least 4 members (excludes halogenated alkanes) is 16. The molecular formula is C32H64ClO2P. The molecule has 0 heterocycles. The maximum Gasteiger partial charge on any atom is 0.333 e. The van der Waals surface area contributed by atoms with Gasteiger partial charge in [-0.3, -0.25) is 0 Å². The Morgan fingerprint density at radius 1 is 0.556 bits per heavy atom. The van der Waals surface area contributed by atoms with Gasteiger partial charge in [0.1, 0.15) is 0 Å². The minimum Gasteiger partial charge on any atom is -1.00 e. The molecule has 0 bridgehead atoms. The molecule has 0 aliphatic rings. The lowest BCUT2D eigenvalue weighted by Gasteiger charge is -2.28. The molecule has 2 nitrogen and oxygen atoms in total. The standard InChI is InChI=1S/C32H64O2P.ClH/c1-6-9-12-15-18-22-27-35(28-23-19-16-13-10-7-2,29-24-20-17-14-11-8-3)30-25-21-26-34-32(33)31(4)5;/h4,6-30H2,1-3,5H3;1H/q+1;/p-1.